The molecule has 1 aliphatic carbocycles. The Labute approximate surface area is 61.8 Å². The number of hydrogen-bond acceptors (Lipinski definition) is 2. The van der Waals surface area contributed by atoms with Gasteiger partial charge in [0.05, 0.1) is 0 Å². The van der Waals surface area contributed by atoms with Crippen LogP contribution in [0.15, 0.2) is 0 Å². The summed E-state index contributed by atoms with van der Waals surface area (Å²) in [7, 11) is 2.23. The van der Waals surface area contributed by atoms with Gasteiger partial charge in [0.25, 0.3) is 0 Å². The number of hydrogen-bond donors (Lipinski definition) is 1. The molecule has 0 N–H and O–H groups in total. The molecule has 2 aliphatic rings. The number of thiol groups is 1. The average Bonchev–Trinajstić information content (AvgIpc) is 2.24. The fraction of sp³-hybridized carbons (Fsp3) is 1.00. The zero-order valence-corrected chi connectivity index (χ0v) is 6.64. The van der Waals surface area contributed by atoms with E-state index in [0.717, 1.165) is 12.0 Å². The topological polar surface area (TPSA) is 3.24 Å². The molecule has 0 spiro atoms. The first kappa shape index (κ1) is 6.05. The third-order valence-electron chi connectivity index (χ3n) is 2.78. The molecule has 3 unspecified atom stereocenters. The molecule has 0 amide bonds. The molecule has 1 saturated heterocycles. The molecule has 3 atom stereocenters. The molecule has 1 nitrogen and oxygen atoms in total. The minimum absolute atomic E-state index is 0.714. The third kappa shape index (κ3) is 0.802. The maximum atomic E-state index is 4.51. The van der Waals surface area contributed by atoms with Crippen molar-refractivity contribution in [2.75, 3.05) is 13.6 Å². The van der Waals surface area contributed by atoms with E-state index in [-0.39, 0.29) is 0 Å². The second-order valence-corrected chi connectivity index (χ2v) is 4.06. The molecule has 0 aromatic carbocycles. The van der Waals surface area contributed by atoms with Gasteiger partial charge in [-0.2, -0.15) is 12.6 Å². The Morgan fingerprint density at radius 1 is 1.44 bits per heavy atom. The van der Waals surface area contributed by atoms with Crippen molar-refractivity contribution in [3.8, 4) is 0 Å². The minimum Gasteiger partial charge on any atom is -0.303 e. The van der Waals surface area contributed by atoms with Crippen LogP contribution >= 0.6 is 12.6 Å². The molecular weight excluding hydrogens is 130 g/mol. The highest BCUT2D eigenvalue weighted by atomic mass is 32.1. The van der Waals surface area contributed by atoms with Crippen LogP contribution in [0, 0.1) is 5.92 Å². The third-order valence-corrected chi connectivity index (χ3v) is 3.41. The largest absolute Gasteiger partial charge is 0.303 e. The second-order valence-electron chi connectivity index (χ2n) is 3.39. The van der Waals surface area contributed by atoms with Gasteiger partial charge in [0.15, 0.2) is 0 Å². The van der Waals surface area contributed by atoms with E-state index in [0.29, 0.717) is 5.25 Å². The first-order valence-electron chi connectivity index (χ1n) is 3.65. The van der Waals surface area contributed by atoms with E-state index in [2.05, 4.69) is 24.6 Å². The summed E-state index contributed by atoms with van der Waals surface area (Å²) in [6, 6.07) is 0.873. The van der Waals surface area contributed by atoms with Crippen molar-refractivity contribution in [1.29, 1.82) is 0 Å². The lowest BCUT2D eigenvalue weighted by Crippen LogP contribution is -2.32. The van der Waals surface area contributed by atoms with Crippen LogP contribution in [0.1, 0.15) is 12.8 Å². The fourth-order valence-corrected chi connectivity index (χ4v) is 2.61. The van der Waals surface area contributed by atoms with E-state index in [1.165, 1.54) is 19.4 Å². The lowest BCUT2D eigenvalue weighted by Gasteiger charge is -2.25. The van der Waals surface area contributed by atoms with Crippen molar-refractivity contribution >= 4 is 12.6 Å². The molecule has 2 heteroatoms. The molecule has 2 fully saturated rings. The van der Waals surface area contributed by atoms with Crippen LogP contribution in [-0.4, -0.2) is 29.8 Å². The summed E-state index contributed by atoms with van der Waals surface area (Å²) >= 11 is 4.51. The lowest BCUT2D eigenvalue weighted by molar-refractivity contribution is 0.266. The Morgan fingerprint density at radius 2 is 2.22 bits per heavy atom. The maximum absolute atomic E-state index is 4.51. The molecule has 0 aromatic heterocycles. The molecule has 1 saturated carbocycles. The van der Waals surface area contributed by atoms with Gasteiger partial charge in [0.1, 0.15) is 0 Å². The first-order valence-corrected chi connectivity index (χ1v) is 4.17. The highest BCUT2D eigenvalue weighted by molar-refractivity contribution is 7.81. The lowest BCUT2D eigenvalue weighted by atomic mass is 10.1. The molecule has 9 heavy (non-hydrogen) atoms. The van der Waals surface area contributed by atoms with Crippen molar-refractivity contribution in [3.05, 3.63) is 0 Å². The van der Waals surface area contributed by atoms with Crippen molar-refractivity contribution in [2.24, 2.45) is 5.92 Å². The van der Waals surface area contributed by atoms with E-state index in [9.17, 15) is 0 Å². The van der Waals surface area contributed by atoms with E-state index < -0.39 is 0 Å². The minimum atomic E-state index is 0.714. The Morgan fingerprint density at radius 3 is 2.56 bits per heavy atom. The number of piperidine rings is 1. The second kappa shape index (κ2) is 1.89. The highest BCUT2D eigenvalue weighted by Crippen LogP contribution is 2.39. The first-order chi connectivity index (χ1) is 4.27. The summed E-state index contributed by atoms with van der Waals surface area (Å²) in [5.41, 5.74) is 0. The molecule has 52 valence electrons. The van der Waals surface area contributed by atoms with Gasteiger partial charge in [-0.05, 0) is 25.8 Å². The summed E-state index contributed by atoms with van der Waals surface area (Å²) in [5, 5.41) is 0.714. The fourth-order valence-electron chi connectivity index (χ4n) is 2.15. The van der Waals surface area contributed by atoms with Crippen LogP contribution in [0.5, 0.6) is 0 Å². The average molecular weight is 143 g/mol. The van der Waals surface area contributed by atoms with Crippen LogP contribution < -0.4 is 0 Å². The van der Waals surface area contributed by atoms with E-state index in [4.69, 9.17) is 0 Å². The van der Waals surface area contributed by atoms with E-state index in [1.54, 1.807) is 0 Å². The SMILES string of the molecule is CN1CC2CC1CC2S. The van der Waals surface area contributed by atoms with E-state index in [1.807, 2.05) is 0 Å². The van der Waals surface area contributed by atoms with Crippen LogP contribution in [0.3, 0.4) is 0 Å². The van der Waals surface area contributed by atoms with Gasteiger partial charge in [-0.15, -0.1) is 0 Å². The highest BCUT2D eigenvalue weighted by Gasteiger charge is 2.40. The van der Waals surface area contributed by atoms with Crippen LogP contribution in [0.25, 0.3) is 0 Å². The monoisotopic (exact) mass is 143 g/mol. The summed E-state index contributed by atoms with van der Waals surface area (Å²) < 4.78 is 0. The van der Waals surface area contributed by atoms with Crippen LogP contribution in [-0.2, 0) is 0 Å². The van der Waals surface area contributed by atoms with Crippen molar-refractivity contribution in [2.45, 2.75) is 24.1 Å². The predicted molar refractivity (Wildman–Crippen MR) is 41.9 cm³/mol. The molecule has 0 radical (unpaired) electrons. The normalized spacial score (nSPS) is 50.7. The van der Waals surface area contributed by atoms with Gasteiger partial charge in [0, 0.05) is 17.8 Å². The van der Waals surface area contributed by atoms with E-state index >= 15 is 0 Å². The smallest absolute Gasteiger partial charge is 0.0106 e. The van der Waals surface area contributed by atoms with Gasteiger partial charge < -0.3 is 4.90 Å². The molecule has 2 bridgehead atoms. The van der Waals surface area contributed by atoms with Crippen molar-refractivity contribution in [1.82, 2.24) is 4.90 Å². The van der Waals surface area contributed by atoms with Gasteiger partial charge in [-0.1, -0.05) is 0 Å². The van der Waals surface area contributed by atoms with Gasteiger partial charge in [-0.3, -0.25) is 0 Å². The number of likely N-dealkylation sites (tertiary alicyclic amines) is 1. The quantitative estimate of drug-likeness (QED) is 0.495. The standard InChI is InChI=1S/C7H13NS/c1-8-4-5-2-6(8)3-7(5)9/h5-7,9H,2-4H2,1H3. The van der Waals surface area contributed by atoms with Crippen LogP contribution in [0.4, 0.5) is 0 Å². The summed E-state index contributed by atoms with van der Waals surface area (Å²) in [5.74, 6) is 0.906. The Bertz CT molecular complexity index is 108. The number of nitrogens with zero attached hydrogens (tertiary/aromatic N) is 1. The Kier molecular flexibility index (Phi) is 1.27. The molecular formula is C7H13NS. The van der Waals surface area contributed by atoms with Crippen molar-refractivity contribution < 1.29 is 0 Å². The number of rotatable bonds is 0. The molecule has 1 aliphatic heterocycles. The zero-order chi connectivity index (χ0) is 6.43. The van der Waals surface area contributed by atoms with Gasteiger partial charge in [0.2, 0.25) is 0 Å². The Hall–Kier alpha value is 0.310. The zero-order valence-electron chi connectivity index (χ0n) is 5.75. The van der Waals surface area contributed by atoms with Crippen LogP contribution in [0.2, 0.25) is 0 Å². The molecule has 0 aromatic rings. The van der Waals surface area contributed by atoms with Crippen molar-refractivity contribution in [3.63, 3.8) is 0 Å². The molecule has 1 heterocycles. The predicted octanol–water partition coefficient (Wildman–Crippen LogP) is 1.01. The summed E-state index contributed by atoms with van der Waals surface area (Å²) in [6.07, 6.45) is 2.73. The molecule has 2 rings (SSSR count). The van der Waals surface area contributed by atoms with Gasteiger partial charge >= 0.3 is 0 Å². The number of fused-ring (bicyclic) bond motifs is 2. The summed E-state index contributed by atoms with van der Waals surface area (Å²) in [4.78, 5) is 2.47. The maximum Gasteiger partial charge on any atom is 0.0106 e. The van der Waals surface area contributed by atoms with Gasteiger partial charge in [-0.25, -0.2) is 0 Å². The summed E-state index contributed by atoms with van der Waals surface area (Å²) in [6.45, 7) is 1.29. The Balaban J connectivity index is 2.10.